The monoisotopic (exact) mass is 636 g/mol. The molecule has 0 atom stereocenters. The summed E-state index contributed by atoms with van der Waals surface area (Å²) in [5, 5.41) is 14.8. The summed E-state index contributed by atoms with van der Waals surface area (Å²) in [6.07, 6.45) is 0. The van der Waals surface area contributed by atoms with E-state index in [1.54, 1.807) is 35.9 Å². The van der Waals surface area contributed by atoms with Gasteiger partial charge >= 0.3 is 0 Å². The molecule has 44 heavy (non-hydrogen) atoms. The van der Waals surface area contributed by atoms with Gasteiger partial charge in [0.05, 0.1) is 37.5 Å². The van der Waals surface area contributed by atoms with Gasteiger partial charge in [-0.2, -0.15) is 4.31 Å². The van der Waals surface area contributed by atoms with Crippen LogP contribution in [-0.2, 0) is 26.1 Å². The van der Waals surface area contributed by atoms with Crippen LogP contribution in [0, 0.1) is 6.92 Å². The molecule has 0 unspecified atom stereocenters. The van der Waals surface area contributed by atoms with Gasteiger partial charge in [0.1, 0.15) is 5.75 Å². The summed E-state index contributed by atoms with van der Waals surface area (Å²) in [5.41, 5.74) is 2.76. The fourth-order valence-electron chi connectivity index (χ4n) is 4.51. The maximum absolute atomic E-state index is 13.0. The Balaban J connectivity index is 1.26. The highest BCUT2D eigenvalue weighted by Crippen LogP contribution is 2.24. The standard InChI is InChI=1S/C30H32N6O6S2/c1-21-4-3-5-24(18-21)36-27(33-34-30(36)43-20-28(37)32-23-8-10-25(41-2)11-9-23)19-31-29(38)22-6-12-26(13-7-22)44(39,40)35-14-16-42-17-15-35/h3-13,18H,14-17,19-20H2,1-2H3,(H,31,38)(H,32,37). The predicted molar refractivity (Wildman–Crippen MR) is 166 cm³/mol. The molecule has 0 bridgehead atoms. The highest BCUT2D eigenvalue weighted by atomic mass is 32.2. The largest absolute Gasteiger partial charge is 0.497 e. The van der Waals surface area contributed by atoms with Crippen molar-refractivity contribution in [3.8, 4) is 11.4 Å². The lowest BCUT2D eigenvalue weighted by Crippen LogP contribution is -2.40. The van der Waals surface area contributed by atoms with E-state index in [1.807, 2.05) is 31.2 Å². The van der Waals surface area contributed by atoms with Crippen LogP contribution in [0.2, 0.25) is 0 Å². The van der Waals surface area contributed by atoms with E-state index in [4.69, 9.17) is 9.47 Å². The summed E-state index contributed by atoms with van der Waals surface area (Å²) in [7, 11) is -2.09. The van der Waals surface area contributed by atoms with Crippen molar-refractivity contribution >= 4 is 39.3 Å². The van der Waals surface area contributed by atoms with Gasteiger partial charge < -0.3 is 20.1 Å². The van der Waals surface area contributed by atoms with E-state index < -0.39 is 15.9 Å². The Hall–Kier alpha value is -4.24. The number of sulfonamides is 1. The molecule has 1 aliphatic rings. The molecule has 0 aliphatic carbocycles. The van der Waals surface area contributed by atoms with E-state index in [1.165, 1.54) is 40.3 Å². The van der Waals surface area contributed by atoms with Gasteiger partial charge in [-0.1, -0.05) is 23.9 Å². The van der Waals surface area contributed by atoms with Gasteiger partial charge in [0.2, 0.25) is 15.9 Å². The third-order valence-corrected chi connectivity index (χ3v) is 9.64. The van der Waals surface area contributed by atoms with Gasteiger partial charge in [0, 0.05) is 30.0 Å². The van der Waals surface area contributed by atoms with E-state index in [2.05, 4.69) is 20.8 Å². The maximum Gasteiger partial charge on any atom is 0.251 e. The molecule has 3 aromatic carbocycles. The molecule has 0 saturated carbocycles. The van der Waals surface area contributed by atoms with Crippen molar-refractivity contribution in [2.24, 2.45) is 0 Å². The molecule has 12 nitrogen and oxygen atoms in total. The second-order valence-electron chi connectivity index (χ2n) is 9.86. The van der Waals surface area contributed by atoms with Crippen LogP contribution in [0.5, 0.6) is 5.75 Å². The van der Waals surface area contributed by atoms with Crippen molar-refractivity contribution in [3.05, 3.63) is 89.7 Å². The van der Waals surface area contributed by atoms with Crippen molar-refractivity contribution in [2.75, 3.05) is 44.5 Å². The first-order chi connectivity index (χ1) is 21.2. The number of rotatable bonds is 11. The van der Waals surface area contributed by atoms with Gasteiger partial charge in [0.15, 0.2) is 11.0 Å². The predicted octanol–water partition coefficient (Wildman–Crippen LogP) is 3.27. The Bertz CT molecular complexity index is 1720. The molecule has 4 aromatic rings. The fraction of sp³-hybridized carbons (Fsp3) is 0.267. The third kappa shape index (κ3) is 7.45. The number of carbonyl (C=O) groups is 2. The van der Waals surface area contributed by atoms with Gasteiger partial charge in [-0.3, -0.25) is 14.2 Å². The van der Waals surface area contributed by atoms with Crippen LogP contribution in [0.4, 0.5) is 5.69 Å². The molecule has 1 aromatic heterocycles. The number of anilines is 1. The SMILES string of the molecule is COc1ccc(NC(=O)CSc2nnc(CNC(=O)c3ccc(S(=O)(=O)N4CCOCC4)cc3)n2-c2cccc(C)c2)cc1. The quantitative estimate of drug-likeness (QED) is 0.237. The molecule has 2 heterocycles. The molecule has 0 spiro atoms. The number of morpholine rings is 1. The van der Waals surface area contributed by atoms with Crippen molar-refractivity contribution < 1.29 is 27.5 Å². The van der Waals surface area contributed by atoms with Crippen molar-refractivity contribution in [1.82, 2.24) is 24.4 Å². The van der Waals surface area contributed by atoms with Gasteiger partial charge in [-0.25, -0.2) is 8.42 Å². The maximum atomic E-state index is 13.0. The van der Waals surface area contributed by atoms with Gasteiger partial charge in [0.25, 0.3) is 5.91 Å². The zero-order valence-electron chi connectivity index (χ0n) is 24.2. The lowest BCUT2D eigenvalue weighted by Gasteiger charge is -2.26. The van der Waals surface area contributed by atoms with Crippen LogP contribution in [0.3, 0.4) is 0 Å². The molecule has 14 heteroatoms. The van der Waals surface area contributed by atoms with Gasteiger partial charge in [-0.15, -0.1) is 10.2 Å². The zero-order valence-corrected chi connectivity index (χ0v) is 25.9. The highest BCUT2D eigenvalue weighted by Gasteiger charge is 2.26. The van der Waals surface area contributed by atoms with Crippen LogP contribution >= 0.6 is 11.8 Å². The van der Waals surface area contributed by atoms with Crippen molar-refractivity contribution in [2.45, 2.75) is 23.5 Å². The summed E-state index contributed by atoms with van der Waals surface area (Å²) in [6, 6.07) is 20.6. The summed E-state index contributed by atoms with van der Waals surface area (Å²) < 4.78 is 39.4. The third-order valence-electron chi connectivity index (χ3n) is 6.80. The number of nitrogens with one attached hydrogen (secondary N) is 2. The average molecular weight is 637 g/mol. The summed E-state index contributed by atoms with van der Waals surface area (Å²) in [5.74, 6) is 0.632. The minimum absolute atomic E-state index is 0.0478. The molecule has 230 valence electrons. The minimum atomic E-state index is -3.67. The molecule has 1 fully saturated rings. The molecule has 5 rings (SSSR count). The number of amides is 2. The Kier molecular flexibility index (Phi) is 9.95. The van der Waals surface area contributed by atoms with Crippen LogP contribution < -0.4 is 15.4 Å². The second-order valence-corrected chi connectivity index (χ2v) is 12.7. The van der Waals surface area contributed by atoms with E-state index in [9.17, 15) is 18.0 Å². The summed E-state index contributed by atoms with van der Waals surface area (Å²) in [6.45, 7) is 3.30. The zero-order chi connectivity index (χ0) is 31.1. The minimum Gasteiger partial charge on any atom is -0.497 e. The molecular weight excluding hydrogens is 605 g/mol. The highest BCUT2D eigenvalue weighted by molar-refractivity contribution is 7.99. The topological polar surface area (TPSA) is 145 Å². The number of methoxy groups -OCH3 is 1. The van der Waals surface area contributed by atoms with Crippen LogP contribution in [0.1, 0.15) is 21.7 Å². The summed E-state index contributed by atoms with van der Waals surface area (Å²) in [4.78, 5) is 25.8. The number of nitrogens with zero attached hydrogens (tertiary/aromatic N) is 4. The van der Waals surface area contributed by atoms with Crippen LogP contribution in [0.15, 0.2) is 82.8 Å². The first-order valence-corrected chi connectivity index (χ1v) is 16.2. The van der Waals surface area contributed by atoms with E-state index in [-0.39, 0.29) is 23.1 Å². The van der Waals surface area contributed by atoms with E-state index in [0.29, 0.717) is 54.3 Å². The number of aromatic nitrogens is 3. The Morgan fingerprint density at radius 3 is 2.41 bits per heavy atom. The average Bonchev–Trinajstić information content (AvgIpc) is 3.46. The molecular formula is C30H32N6O6S2. The number of thioether (sulfide) groups is 1. The van der Waals surface area contributed by atoms with E-state index >= 15 is 0 Å². The number of hydrogen-bond donors (Lipinski definition) is 2. The number of aryl methyl sites for hydroxylation is 1. The van der Waals surface area contributed by atoms with Crippen LogP contribution in [0.25, 0.3) is 5.69 Å². The van der Waals surface area contributed by atoms with Crippen molar-refractivity contribution in [1.29, 1.82) is 0 Å². The van der Waals surface area contributed by atoms with Crippen LogP contribution in [-0.4, -0.2) is 78.5 Å². The molecule has 1 aliphatic heterocycles. The first-order valence-electron chi connectivity index (χ1n) is 13.8. The number of ether oxygens (including phenoxy) is 2. The smallest absolute Gasteiger partial charge is 0.251 e. The Morgan fingerprint density at radius 1 is 1.00 bits per heavy atom. The Morgan fingerprint density at radius 2 is 1.73 bits per heavy atom. The Labute approximate surface area is 259 Å². The molecule has 2 N–H and O–H groups in total. The fourth-order valence-corrected chi connectivity index (χ4v) is 6.69. The lowest BCUT2D eigenvalue weighted by molar-refractivity contribution is -0.113. The van der Waals surface area contributed by atoms with Gasteiger partial charge in [-0.05, 0) is 73.2 Å². The number of benzene rings is 3. The number of carbonyl (C=O) groups excluding carboxylic acids is 2. The second kappa shape index (κ2) is 14.0. The number of hydrogen-bond acceptors (Lipinski definition) is 9. The summed E-state index contributed by atoms with van der Waals surface area (Å²) >= 11 is 1.22. The normalized spacial score (nSPS) is 13.8. The first kappa shape index (κ1) is 31.2. The lowest BCUT2D eigenvalue weighted by atomic mass is 10.2. The molecule has 2 amide bonds. The molecule has 0 radical (unpaired) electrons. The van der Waals surface area contributed by atoms with Crippen molar-refractivity contribution in [3.63, 3.8) is 0 Å². The van der Waals surface area contributed by atoms with E-state index in [0.717, 1.165) is 11.3 Å². The molecule has 1 saturated heterocycles.